The number of aryl methyl sites for hydroxylation is 1. The second-order valence-corrected chi connectivity index (χ2v) is 12.2. The van der Waals surface area contributed by atoms with Crippen LogP contribution in [0.4, 0.5) is 0 Å². The van der Waals surface area contributed by atoms with Gasteiger partial charge in [-0.15, -0.1) is 0 Å². The van der Waals surface area contributed by atoms with E-state index in [2.05, 4.69) is 23.8 Å². The lowest BCUT2D eigenvalue weighted by Gasteiger charge is -2.22. The molecule has 1 aliphatic heterocycles. The fraction of sp³-hybridized carbons (Fsp3) is 0.517. The van der Waals surface area contributed by atoms with E-state index in [-0.39, 0.29) is 34.6 Å². The minimum atomic E-state index is -4.25. The Bertz CT molecular complexity index is 1400. The topological polar surface area (TPSA) is 96.8 Å². The molecule has 2 aromatic carbocycles. The molecule has 1 aliphatic rings. The maximum Gasteiger partial charge on any atom is 0.341 e. The minimum absolute atomic E-state index is 0.0265. The normalized spacial score (nSPS) is 16.1. The van der Waals surface area contributed by atoms with Crippen molar-refractivity contribution in [3.05, 3.63) is 46.8 Å². The second-order valence-electron chi connectivity index (χ2n) is 10.7. The standard InChI is InChI=1S/C29H38N2O6S/c1-16(2)20-11-22(17(3)4)28(23(12-20)18(5)6)38(32,33)37-29-24-13-27(36-21-9-10-35-15-21)26(34-8)14-25(24)30-19(7)31-29/h11-14,16-18,21H,9-10,15H2,1-8H3. The van der Waals surface area contributed by atoms with Crippen molar-refractivity contribution in [3.63, 3.8) is 0 Å². The van der Waals surface area contributed by atoms with Crippen molar-refractivity contribution in [2.45, 2.75) is 83.6 Å². The monoisotopic (exact) mass is 542 g/mol. The first-order valence-corrected chi connectivity index (χ1v) is 14.5. The SMILES string of the molecule is COc1cc2nc(C)nc(OS(=O)(=O)c3c(C(C)C)cc(C(C)C)cc3C(C)C)c2cc1OC1CCOC1. The van der Waals surface area contributed by atoms with E-state index < -0.39 is 10.1 Å². The first-order chi connectivity index (χ1) is 17.9. The van der Waals surface area contributed by atoms with Crippen molar-refractivity contribution in [2.24, 2.45) is 0 Å². The molecule has 0 amide bonds. The number of fused-ring (bicyclic) bond motifs is 1. The smallest absolute Gasteiger partial charge is 0.341 e. The van der Waals surface area contributed by atoms with E-state index in [1.807, 2.05) is 39.8 Å². The fourth-order valence-electron chi connectivity index (χ4n) is 4.64. The zero-order valence-corrected chi connectivity index (χ0v) is 24.3. The quantitative estimate of drug-likeness (QED) is 0.293. The molecule has 0 aliphatic carbocycles. The maximum absolute atomic E-state index is 14.0. The van der Waals surface area contributed by atoms with Crippen LogP contribution in [0.1, 0.15) is 88.2 Å². The summed E-state index contributed by atoms with van der Waals surface area (Å²) in [7, 11) is -2.70. The average Bonchev–Trinajstić information content (AvgIpc) is 3.35. The highest BCUT2D eigenvalue weighted by Crippen LogP contribution is 2.39. The Kier molecular flexibility index (Phi) is 8.18. The van der Waals surface area contributed by atoms with Crippen LogP contribution in [0.5, 0.6) is 17.4 Å². The van der Waals surface area contributed by atoms with Crippen LogP contribution < -0.4 is 13.7 Å². The minimum Gasteiger partial charge on any atom is -0.493 e. The number of ether oxygens (including phenoxy) is 3. The Labute approximate surface area is 225 Å². The van der Waals surface area contributed by atoms with E-state index in [0.717, 1.165) is 23.1 Å². The Balaban J connectivity index is 1.87. The van der Waals surface area contributed by atoms with Crippen molar-refractivity contribution < 1.29 is 26.8 Å². The van der Waals surface area contributed by atoms with Crippen LogP contribution >= 0.6 is 0 Å². The third-order valence-electron chi connectivity index (χ3n) is 6.76. The lowest BCUT2D eigenvalue weighted by molar-refractivity contribution is 0.139. The van der Waals surface area contributed by atoms with Crippen molar-refractivity contribution in [3.8, 4) is 17.4 Å². The molecule has 1 saturated heterocycles. The van der Waals surface area contributed by atoms with Crippen LogP contribution in [-0.2, 0) is 14.9 Å². The molecule has 38 heavy (non-hydrogen) atoms. The lowest BCUT2D eigenvalue weighted by atomic mass is 9.89. The van der Waals surface area contributed by atoms with Crippen LogP contribution in [0, 0.1) is 6.92 Å². The van der Waals surface area contributed by atoms with Gasteiger partial charge in [0.1, 0.15) is 16.8 Å². The van der Waals surface area contributed by atoms with Crippen LogP contribution in [-0.4, -0.2) is 44.8 Å². The maximum atomic E-state index is 14.0. The van der Waals surface area contributed by atoms with Gasteiger partial charge in [0.2, 0.25) is 5.88 Å². The number of benzene rings is 2. The molecule has 0 bridgehead atoms. The summed E-state index contributed by atoms with van der Waals surface area (Å²) in [6, 6.07) is 7.37. The highest BCUT2D eigenvalue weighted by molar-refractivity contribution is 7.87. The summed E-state index contributed by atoms with van der Waals surface area (Å²) in [6.45, 7) is 15.0. The van der Waals surface area contributed by atoms with Crippen LogP contribution in [0.3, 0.4) is 0 Å². The van der Waals surface area contributed by atoms with Crippen molar-refractivity contribution in [2.75, 3.05) is 20.3 Å². The van der Waals surface area contributed by atoms with Gasteiger partial charge in [-0.1, -0.05) is 53.7 Å². The van der Waals surface area contributed by atoms with Crippen molar-refractivity contribution in [1.82, 2.24) is 9.97 Å². The van der Waals surface area contributed by atoms with Gasteiger partial charge in [-0.3, -0.25) is 0 Å². The molecule has 0 spiro atoms. The van der Waals surface area contributed by atoms with E-state index in [9.17, 15) is 8.42 Å². The predicted octanol–water partition coefficient (Wildman–Crippen LogP) is 6.25. The predicted molar refractivity (Wildman–Crippen MR) is 147 cm³/mol. The van der Waals surface area contributed by atoms with E-state index in [1.165, 1.54) is 0 Å². The molecule has 206 valence electrons. The Hall–Kier alpha value is -2.91. The van der Waals surface area contributed by atoms with Gasteiger partial charge in [0.25, 0.3) is 0 Å². The summed E-state index contributed by atoms with van der Waals surface area (Å²) in [5, 5.41) is 0.421. The van der Waals surface area contributed by atoms with Gasteiger partial charge in [0.15, 0.2) is 11.5 Å². The third kappa shape index (κ3) is 5.73. The fourth-order valence-corrected chi connectivity index (χ4v) is 6.23. The molecular weight excluding hydrogens is 504 g/mol. The van der Waals surface area contributed by atoms with Gasteiger partial charge in [-0.25, -0.2) is 4.98 Å². The van der Waals surface area contributed by atoms with Gasteiger partial charge in [-0.05, 0) is 47.4 Å². The molecule has 9 heteroatoms. The zero-order valence-electron chi connectivity index (χ0n) is 23.5. The number of aromatic nitrogens is 2. The largest absolute Gasteiger partial charge is 0.493 e. The average molecular weight is 543 g/mol. The third-order valence-corrected chi connectivity index (χ3v) is 8.11. The number of hydrogen-bond donors (Lipinski definition) is 0. The Morgan fingerprint density at radius 1 is 0.921 bits per heavy atom. The van der Waals surface area contributed by atoms with Gasteiger partial charge in [0.05, 0.1) is 31.2 Å². The molecule has 3 aromatic rings. The number of nitrogens with zero attached hydrogens (tertiary/aromatic N) is 2. The molecule has 0 radical (unpaired) electrons. The molecule has 2 heterocycles. The molecule has 1 fully saturated rings. The number of methoxy groups -OCH3 is 1. The highest BCUT2D eigenvalue weighted by Gasteiger charge is 2.30. The summed E-state index contributed by atoms with van der Waals surface area (Å²) < 4.78 is 51.0. The Morgan fingerprint density at radius 2 is 1.58 bits per heavy atom. The highest BCUT2D eigenvalue weighted by atomic mass is 32.2. The summed E-state index contributed by atoms with van der Waals surface area (Å²) >= 11 is 0. The lowest BCUT2D eigenvalue weighted by Crippen LogP contribution is -2.18. The van der Waals surface area contributed by atoms with Gasteiger partial charge in [-0.2, -0.15) is 13.4 Å². The van der Waals surface area contributed by atoms with E-state index in [1.54, 1.807) is 26.2 Å². The first kappa shape index (κ1) is 28.1. The van der Waals surface area contributed by atoms with Gasteiger partial charge < -0.3 is 18.4 Å². The van der Waals surface area contributed by atoms with Crippen molar-refractivity contribution >= 4 is 21.0 Å². The summed E-state index contributed by atoms with van der Waals surface area (Å²) in [5.74, 6) is 1.49. The molecule has 8 nitrogen and oxygen atoms in total. The summed E-state index contributed by atoms with van der Waals surface area (Å²) in [6.07, 6.45) is 0.633. The molecule has 4 rings (SSSR count). The Morgan fingerprint density at radius 3 is 2.11 bits per heavy atom. The molecule has 0 N–H and O–H groups in total. The number of hydrogen-bond acceptors (Lipinski definition) is 8. The second kappa shape index (κ2) is 11.1. The van der Waals surface area contributed by atoms with E-state index in [0.29, 0.717) is 41.4 Å². The molecule has 1 unspecified atom stereocenters. The molecular formula is C29H38N2O6S. The zero-order chi connectivity index (χ0) is 27.8. The molecule has 1 aromatic heterocycles. The summed E-state index contributed by atoms with van der Waals surface area (Å²) in [5.41, 5.74) is 3.08. The summed E-state index contributed by atoms with van der Waals surface area (Å²) in [4.78, 5) is 9.11. The van der Waals surface area contributed by atoms with Crippen LogP contribution in [0.25, 0.3) is 10.9 Å². The van der Waals surface area contributed by atoms with Gasteiger partial charge in [0, 0.05) is 12.5 Å². The first-order valence-electron chi connectivity index (χ1n) is 13.1. The van der Waals surface area contributed by atoms with Gasteiger partial charge >= 0.3 is 10.1 Å². The molecule has 1 atom stereocenters. The number of rotatable bonds is 9. The van der Waals surface area contributed by atoms with Crippen molar-refractivity contribution in [1.29, 1.82) is 0 Å². The van der Waals surface area contributed by atoms with Crippen LogP contribution in [0.2, 0.25) is 0 Å². The van der Waals surface area contributed by atoms with E-state index >= 15 is 0 Å². The van der Waals surface area contributed by atoms with E-state index in [4.69, 9.17) is 18.4 Å². The molecule has 0 saturated carbocycles. The van der Waals surface area contributed by atoms with Crippen LogP contribution in [0.15, 0.2) is 29.2 Å².